The number of carbonyl (C=O) groups excluding carboxylic acids is 2. The zero-order valence-corrected chi connectivity index (χ0v) is 12.2. The zero-order valence-electron chi connectivity index (χ0n) is 12.2. The monoisotopic (exact) mass is 292 g/mol. The Labute approximate surface area is 123 Å². The Kier molecular flexibility index (Phi) is 5.90. The van der Waals surface area contributed by atoms with E-state index < -0.39 is 11.9 Å². The summed E-state index contributed by atoms with van der Waals surface area (Å²) < 4.78 is 0. The van der Waals surface area contributed by atoms with Crippen LogP contribution in [0.5, 0.6) is 0 Å². The zero-order chi connectivity index (χ0) is 16.0. The molecule has 0 spiro atoms. The highest BCUT2D eigenvalue weighted by molar-refractivity contribution is 5.99. The molecule has 0 aliphatic rings. The summed E-state index contributed by atoms with van der Waals surface area (Å²) in [6, 6.07) is 6.13. The van der Waals surface area contributed by atoms with Crippen LogP contribution in [0.3, 0.4) is 0 Å². The standard InChI is InChI=1S/C15H20N2O4/c1-10(2)9-17(7-6-13(18)19)15(21)12-5-3-4-11(8-12)14(16)20/h3-5,8,10H,6-7,9H2,1-2H3,(H2,16,20)(H,18,19). The molecule has 0 heterocycles. The first-order valence-corrected chi connectivity index (χ1v) is 6.72. The van der Waals surface area contributed by atoms with Crippen LogP contribution >= 0.6 is 0 Å². The van der Waals surface area contributed by atoms with Crippen LogP contribution in [0.25, 0.3) is 0 Å². The fraction of sp³-hybridized carbons (Fsp3) is 0.400. The first kappa shape index (κ1) is 16.7. The molecule has 0 aliphatic carbocycles. The Balaban J connectivity index is 2.95. The summed E-state index contributed by atoms with van der Waals surface area (Å²) >= 11 is 0. The lowest BCUT2D eigenvalue weighted by Gasteiger charge is -2.24. The Morgan fingerprint density at radius 1 is 1.24 bits per heavy atom. The highest BCUT2D eigenvalue weighted by Crippen LogP contribution is 2.11. The molecular formula is C15H20N2O4. The number of nitrogens with two attached hydrogens (primary N) is 1. The maximum absolute atomic E-state index is 12.4. The van der Waals surface area contributed by atoms with E-state index in [0.29, 0.717) is 12.1 Å². The molecule has 0 saturated carbocycles. The molecule has 6 nitrogen and oxygen atoms in total. The van der Waals surface area contributed by atoms with E-state index in [2.05, 4.69) is 0 Å². The molecule has 0 fully saturated rings. The van der Waals surface area contributed by atoms with Gasteiger partial charge in [0.05, 0.1) is 6.42 Å². The van der Waals surface area contributed by atoms with Crippen LogP contribution in [0.2, 0.25) is 0 Å². The first-order chi connectivity index (χ1) is 9.81. The maximum Gasteiger partial charge on any atom is 0.305 e. The van der Waals surface area contributed by atoms with E-state index in [9.17, 15) is 14.4 Å². The highest BCUT2D eigenvalue weighted by atomic mass is 16.4. The minimum Gasteiger partial charge on any atom is -0.481 e. The molecule has 1 aromatic carbocycles. The normalized spacial score (nSPS) is 10.4. The fourth-order valence-electron chi connectivity index (χ4n) is 1.94. The van der Waals surface area contributed by atoms with Crippen molar-refractivity contribution in [1.82, 2.24) is 4.90 Å². The average Bonchev–Trinajstić information content (AvgIpc) is 2.42. The van der Waals surface area contributed by atoms with Gasteiger partial charge in [-0.2, -0.15) is 0 Å². The van der Waals surface area contributed by atoms with Crippen LogP contribution in [-0.2, 0) is 4.79 Å². The third kappa shape index (κ3) is 5.25. The highest BCUT2D eigenvalue weighted by Gasteiger charge is 2.18. The van der Waals surface area contributed by atoms with Crippen molar-refractivity contribution >= 4 is 17.8 Å². The maximum atomic E-state index is 12.4. The molecule has 0 saturated heterocycles. The number of carboxylic acid groups (broad SMARTS) is 1. The predicted molar refractivity (Wildman–Crippen MR) is 78.0 cm³/mol. The summed E-state index contributed by atoms with van der Waals surface area (Å²) in [4.78, 5) is 35.8. The Morgan fingerprint density at radius 3 is 2.38 bits per heavy atom. The Bertz CT molecular complexity index is 540. The number of carbonyl (C=O) groups is 3. The number of amides is 2. The second-order valence-corrected chi connectivity index (χ2v) is 5.23. The van der Waals surface area contributed by atoms with Gasteiger partial charge >= 0.3 is 5.97 Å². The summed E-state index contributed by atoms with van der Waals surface area (Å²) in [7, 11) is 0. The van der Waals surface area contributed by atoms with E-state index in [4.69, 9.17) is 10.8 Å². The van der Waals surface area contributed by atoms with E-state index in [1.807, 2.05) is 13.8 Å². The van der Waals surface area contributed by atoms with Gasteiger partial charge in [0.2, 0.25) is 5.91 Å². The summed E-state index contributed by atoms with van der Waals surface area (Å²) in [5.74, 6) is -1.65. The van der Waals surface area contributed by atoms with Crippen LogP contribution in [-0.4, -0.2) is 40.9 Å². The summed E-state index contributed by atoms with van der Waals surface area (Å²) in [5.41, 5.74) is 5.78. The SMILES string of the molecule is CC(C)CN(CCC(=O)O)C(=O)c1cccc(C(N)=O)c1. The van der Waals surface area contributed by atoms with Gasteiger partial charge in [-0.05, 0) is 24.1 Å². The van der Waals surface area contributed by atoms with Crippen molar-refractivity contribution in [2.75, 3.05) is 13.1 Å². The lowest BCUT2D eigenvalue weighted by molar-refractivity contribution is -0.137. The summed E-state index contributed by atoms with van der Waals surface area (Å²) in [5, 5.41) is 8.77. The molecule has 114 valence electrons. The topological polar surface area (TPSA) is 101 Å². The molecule has 0 aromatic heterocycles. The van der Waals surface area contributed by atoms with E-state index in [1.54, 1.807) is 12.1 Å². The number of primary amides is 1. The number of aliphatic carboxylic acids is 1. The van der Waals surface area contributed by atoms with Gasteiger partial charge < -0.3 is 15.7 Å². The number of carboxylic acids is 1. The van der Waals surface area contributed by atoms with E-state index in [-0.39, 0.29) is 30.4 Å². The number of nitrogens with zero attached hydrogens (tertiary/aromatic N) is 1. The van der Waals surface area contributed by atoms with Gasteiger partial charge in [0.15, 0.2) is 0 Å². The minimum atomic E-state index is -0.956. The Hall–Kier alpha value is -2.37. The van der Waals surface area contributed by atoms with Crippen molar-refractivity contribution in [3.8, 4) is 0 Å². The predicted octanol–water partition coefficient (Wildman–Crippen LogP) is 1.36. The number of benzene rings is 1. The van der Waals surface area contributed by atoms with Gasteiger partial charge in [-0.15, -0.1) is 0 Å². The quantitative estimate of drug-likeness (QED) is 0.792. The lowest BCUT2D eigenvalue weighted by Crippen LogP contribution is -2.36. The molecule has 0 unspecified atom stereocenters. The third-order valence-electron chi connectivity index (χ3n) is 2.86. The fourth-order valence-corrected chi connectivity index (χ4v) is 1.94. The van der Waals surface area contributed by atoms with Crippen molar-refractivity contribution in [3.63, 3.8) is 0 Å². The van der Waals surface area contributed by atoms with Gasteiger partial charge in [-0.3, -0.25) is 14.4 Å². The van der Waals surface area contributed by atoms with Crippen molar-refractivity contribution in [1.29, 1.82) is 0 Å². The summed E-state index contributed by atoms with van der Waals surface area (Å²) in [6.45, 7) is 4.47. The van der Waals surface area contributed by atoms with Gasteiger partial charge in [0.1, 0.15) is 0 Å². The van der Waals surface area contributed by atoms with E-state index in [0.717, 1.165) is 0 Å². The van der Waals surface area contributed by atoms with Crippen molar-refractivity contribution in [2.45, 2.75) is 20.3 Å². The number of hydrogen-bond acceptors (Lipinski definition) is 3. The van der Waals surface area contributed by atoms with Gasteiger partial charge in [-0.25, -0.2) is 0 Å². The molecular weight excluding hydrogens is 272 g/mol. The second-order valence-electron chi connectivity index (χ2n) is 5.23. The summed E-state index contributed by atoms with van der Waals surface area (Å²) in [6.07, 6.45) is -0.117. The van der Waals surface area contributed by atoms with Gasteiger partial charge in [0.25, 0.3) is 5.91 Å². The van der Waals surface area contributed by atoms with Gasteiger partial charge in [0, 0.05) is 24.2 Å². The Morgan fingerprint density at radius 2 is 1.86 bits per heavy atom. The van der Waals surface area contributed by atoms with Crippen molar-refractivity contribution in [2.24, 2.45) is 11.7 Å². The third-order valence-corrected chi connectivity index (χ3v) is 2.86. The van der Waals surface area contributed by atoms with Crippen molar-refractivity contribution < 1.29 is 19.5 Å². The molecule has 3 N–H and O–H groups in total. The molecule has 6 heteroatoms. The van der Waals surface area contributed by atoms with Crippen LogP contribution in [0.4, 0.5) is 0 Å². The molecule has 2 amide bonds. The molecule has 1 rings (SSSR count). The van der Waals surface area contributed by atoms with Crippen molar-refractivity contribution in [3.05, 3.63) is 35.4 Å². The van der Waals surface area contributed by atoms with E-state index in [1.165, 1.54) is 17.0 Å². The van der Waals surface area contributed by atoms with Gasteiger partial charge in [-0.1, -0.05) is 19.9 Å². The van der Waals surface area contributed by atoms with Crippen LogP contribution in [0, 0.1) is 5.92 Å². The molecule has 21 heavy (non-hydrogen) atoms. The smallest absolute Gasteiger partial charge is 0.305 e. The number of rotatable bonds is 7. The average molecular weight is 292 g/mol. The number of hydrogen-bond donors (Lipinski definition) is 2. The molecule has 0 bridgehead atoms. The molecule has 0 atom stereocenters. The van der Waals surface area contributed by atoms with E-state index >= 15 is 0 Å². The second kappa shape index (κ2) is 7.42. The van der Waals surface area contributed by atoms with Crippen LogP contribution in [0.15, 0.2) is 24.3 Å². The van der Waals surface area contributed by atoms with Crippen LogP contribution in [0.1, 0.15) is 41.0 Å². The minimum absolute atomic E-state index is 0.117. The lowest BCUT2D eigenvalue weighted by atomic mass is 10.1. The molecule has 1 aromatic rings. The van der Waals surface area contributed by atoms with Crippen LogP contribution < -0.4 is 5.73 Å². The molecule has 0 aliphatic heterocycles. The first-order valence-electron chi connectivity index (χ1n) is 6.72. The largest absolute Gasteiger partial charge is 0.481 e. The molecule has 0 radical (unpaired) electrons.